The molecule has 1 heterocycles. The number of hydrogen-bond acceptors (Lipinski definition) is 7. The Kier molecular flexibility index (Phi) is 7.66. The third-order valence-corrected chi connectivity index (χ3v) is 6.99. The topological polar surface area (TPSA) is 99.2 Å². The number of nitrogens with zero attached hydrogens (tertiary/aromatic N) is 1. The van der Waals surface area contributed by atoms with Gasteiger partial charge in [-0.3, -0.25) is 4.79 Å². The zero-order chi connectivity index (χ0) is 23.1. The molecule has 1 aliphatic rings. The Labute approximate surface area is 187 Å². The fourth-order valence-electron chi connectivity index (χ4n) is 3.39. The van der Waals surface area contributed by atoms with E-state index in [0.29, 0.717) is 30.7 Å². The van der Waals surface area contributed by atoms with Gasteiger partial charge in [0.05, 0.1) is 25.0 Å². The third kappa shape index (κ3) is 5.54. The highest BCUT2D eigenvalue weighted by molar-refractivity contribution is 7.89. The number of piperidine rings is 1. The lowest BCUT2D eigenvalue weighted by molar-refractivity contribution is -0.140. The number of esters is 2. The molecule has 1 unspecified atom stereocenters. The Hall–Kier alpha value is -3.17. The maximum Gasteiger partial charge on any atom is 0.330 e. The summed E-state index contributed by atoms with van der Waals surface area (Å²) in [6.07, 6.45) is 3.90. The van der Waals surface area contributed by atoms with Crippen LogP contribution >= 0.6 is 0 Å². The van der Waals surface area contributed by atoms with Crippen molar-refractivity contribution < 1.29 is 32.2 Å². The average Bonchev–Trinajstić information content (AvgIpc) is 2.83. The summed E-state index contributed by atoms with van der Waals surface area (Å²) >= 11 is 0. The van der Waals surface area contributed by atoms with Crippen LogP contribution < -0.4 is 9.47 Å². The first-order chi connectivity index (χ1) is 15.3. The smallest absolute Gasteiger partial charge is 0.330 e. The predicted molar refractivity (Wildman–Crippen MR) is 118 cm³/mol. The van der Waals surface area contributed by atoms with E-state index in [2.05, 4.69) is 4.74 Å². The van der Waals surface area contributed by atoms with Crippen molar-refractivity contribution in [3.63, 3.8) is 0 Å². The van der Waals surface area contributed by atoms with Crippen molar-refractivity contribution in [1.82, 2.24) is 4.31 Å². The van der Waals surface area contributed by atoms with Crippen molar-refractivity contribution in [3.8, 4) is 11.5 Å². The Morgan fingerprint density at radius 1 is 1.06 bits per heavy atom. The average molecular weight is 460 g/mol. The number of methoxy groups -OCH3 is 2. The number of sulfonamides is 1. The van der Waals surface area contributed by atoms with Gasteiger partial charge in [0, 0.05) is 19.2 Å². The quantitative estimate of drug-likeness (QED) is 0.357. The first-order valence-electron chi connectivity index (χ1n) is 10.1. The van der Waals surface area contributed by atoms with Gasteiger partial charge in [0.2, 0.25) is 10.0 Å². The van der Waals surface area contributed by atoms with Gasteiger partial charge in [0.1, 0.15) is 0 Å². The molecule has 2 aromatic carbocycles. The van der Waals surface area contributed by atoms with E-state index in [4.69, 9.17) is 9.47 Å². The van der Waals surface area contributed by atoms with Crippen LogP contribution in [0.2, 0.25) is 0 Å². The molecule has 1 atom stereocenters. The normalized spacial score (nSPS) is 17.1. The molecule has 1 fully saturated rings. The van der Waals surface area contributed by atoms with E-state index < -0.39 is 27.9 Å². The van der Waals surface area contributed by atoms with Gasteiger partial charge in [-0.25, -0.2) is 13.2 Å². The lowest BCUT2D eigenvalue weighted by Crippen LogP contribution is -2.43. The maximum atomic E-state index is 12.9. The molecule has 0 radical (unpaired) electrons. The number of carbonyl (C=O) groups excluding carboxylic acids is 2. The molecular weight excluding hydrogens is 434 g/mol. The van der Waals surface area contributed by atoms with E-state index in [1.54, 1.807) is 54.6 Å². The van der Waals surface area contributed by atoms with Gasteiger partial charge in [-0.1, -0.05) is 24.3 Å². The summed E-state index contributed by atoms with van der Waals surface area (Å²) < 4.78 is 42.5. The van der Waals surface area contributed by atoms with Crippen LogP contribution in [0.15, 0.2) is 59.5 Å². The van der Waals surface area contributed by atoms with Crippen molar-refractivity contribution in [2.24, 2.45) is 5.92 Å². The predicted octanol–water partition coefficient (Wildman–Crippen LogP) is 2.89. The summed E-state index contributed by atoms with van der Waals surface area (Å²) in [5.74, 6) is -1.07. The number of hydrogen-bond donors (Lipinski definition) is 0. The van der Waals surface area contributed by atoms with E-state index >= 15 is 0 Å². The van der Waals surface area contributed by atoms with Gasteiger partial charge in [0.15, 0.2) is 11.5 Å². The van der Waals surface area contributed by atoms with Gasteiger partial charge in [-0.05, 0) is 48.7 Å². The van der Waals surface area contributed by atoms with Crippen molar-refractivity contribution in [2.45, 2.75) is 17.7 Å². The minimum absolute atomic E-state index is 0.0539. The minimum Gasteiger partial charge on any atom is -0.493 e. The minimum atomic E-state index is -3.68. The fraction of sp³-hybridized carbons (Fsp3) is 0.304. The summed E-state index contributed by atoms with van der Waals surface area (Å²) in [6, 6.07) is 13.0. The van der Waals surface area contributed by atoms with Crippen LogP contribution in [-0.2, 0) is 24.3 Å². The zero-order valence-electron chi connectivity index (χ0n) is 17.9. The van der Waals surface area contributed by atoms with Crippen LogP contribution in [0.5, 0.6) is 11.5 Å². The molecule has 0 spiro atoms. The Morgan fingerprint density at radius 2 is 1.81 bits per heavy atom. The first kappa shape index (κ1) is 23.5. The van der Waals surface area contributed by atoms with E-state index in [1.807, 2.05) is 0 Å². The van der Waals surface area contributed by atoms with Crippen molar-refractivity contribution in [3.05, 3.63) is 60.2 Å². The SMILES string of the molecule is COC(=O)/C=C/c1ccc(OC(=O)C2CCCN(S(=O)(=O)c3ccccc3)C2)c(OC)c1. The number of ether oxygens (including phenoxy) is 3. The summed E-state index contributed by atoms with van der Waals surface area (Å²) in [5.41, 5.74) is 0.657. The second kappa shape index (κ2) is 10.4. The molecule has 3 rings (SSSR count). The molecule has 170 valence electrons. The van der Waals surface area contributed by atoms with E-state index in [9.17, 15) is 18.0 Å². The monoisotopic (exact) mass is 459 g/mol. The Morgan fingerprint density at radius 3 is 2.50 bits per heavy atom. The molecule has 0 bridgehead atoms. The van der Waals surface area contributed by atoms with E-state index in [1.165, 1.54) is 24.6 Å². The molecule has 1 saturated heterocycles. The fourth-order valence-corrected chi connectivity index (χ4v) is 4.94. The third-order valence-electron chi connectivity index (χ3n) is 5.11. The lowest BCUT2D eigenvalue weighted by atomic mass is 10.00. The summed E-state index contributed by atoms with van der Waals surface area (Å²) in [7, 11) is -0.955. The molecule has 0 saturated carbocycles. The number of rotatable bonds is 7. The highest BCUT2D eigenvalue weighted by atomic mass is 32.2. The van der Waals surface area contributed by atoms with Gasteiger partial charge in [0.25, 0.3) is 0 Å². The summed E-state index contributed by atoms with van der Waals surface area (Å²) in [5, 5.41) is 0. The summed E-state index contributed by atoms with van der Waals surface area (Å²) in [6.45, 7) is 0.407. The molecule has 2 aromatic rings. The Balaban J connectivity index is 1.71. The van der Waals surface area contributed by atoms with E-state index in [-0.39, 0.29) is 17.2 Å². The first-order valence-corrected chi connectivity index (χ1v) is 11.5. The van der Waals surface area contributed by atoms with Crippen molar-refractivity contribution in [1.29, 1.82) is 0 Å². The molecule has 8 nitrogen and oxygen atoms in total. The van der Waals surface area contributed by atoms with E-state index in [0.717, 1.165) is 0 Å². The molecule has 9 heteroatoms. The van der Waals surface area contributed by atoms with Crippen molar-refractivity contribution in [2.75, 3.05) is 27.3 Å². The van der Waals surface area contributed by atoms with Crippen LogP contribution in [0.1, 0.15) is 18.4 Å². The van der Waals surface area contributed by atoms with Crippen LogP contribution in [0.25, 0.3) is 6.08 Å². The van der Waals surface area contributed by atoms with Crippen LogP contribution in [0.4, 0.5) is 0 Å². The highest BCUT2D eigenvalue weighted by Crippen LogP contribution is 2.31. The highest BCUT2D eigenvalue weighted by Gasteiger charge is 2.34. The molecular formula is C23H25NO7S. The Bertz CT molecular complexity index is 1100. The van der Waals surface area contributed by atoms with Gasteiger partial charge >= 0.3 is 11.9 Å². The second-order valence-electron chi connectivity index (χ2n) is 7.20. The number of carbonyl (C=O) groups is 2. The second-order valence-corrected chi connectivity index (χ2v) is 9.14. The summed E-state index contributed by atoms with van der Waals surface area (Å²) in [4.78, 5) is 24.3. The standard InChI is InChI=1S/C23H25NO7S/c1-29-21-15-17(11-13-22(25)30-2)10-12-20(21)31-23(26)18-7-6-14-24(16-18)32(27,28)19-8-4-3-5-9-19/h3-5,8-13,15,18H,6-7,14,16H2,1-2H3/b13-11+. The molecule has 1 aliphatic heterocycles. The van der Waals surface area contributed by atoms with Crippen molar-refractivity contribution >= 4 is 28.0 Å². The molecule has 0 N–H and O–H groups in total. The van der Waals surface area contributed by atoms with Gasteiger partial charge in [-0.2, -0.15) is 4.31 Å². The van der Waals surface area contributed by atoms with Crippen LogP contribution in [0.3, 0.4) is 0 Å². The molecule has 0 amide bonds. The largest absolute Gasteiger partial charge is 0.493 e. The van der Waals surface area contributed by atoms with Gasteiger partial charge in [-0.15, -0.1) is 0 Å². The van der Waals surface area contributed by atoms with Crippen LogP contribution in [-0.4, -0.2) is 52.0 Å². The molecule has 0 aliphatic carbocycles. The lowest BCUT2D eigenvalue weighted by Gasteiger charge is -2.30. The molecule has 32 heavy (non-hydrogen) atoms. The number of benzene rings is 2. The maximum absolute atomic E-state index is 12.9. The van der Waals surface area contributed by atoms with Crippen LogP contribution in [0, 0.1) is 5.92 Å². The van der Waals surface area contributed by atoms with Gasteiger partial charge < -0.3 is 14.2 Å². The molecule has 0 aromatic heterocycles. The zero-order valence-corrected chi connectivity index (χ0v) is 18.7.